The topological polar surface area (TPSA) is 95.5 Å². The summed E-state index contributed by atoms with van der Waals surface area (Å²) in [5.41, 5.74) is 1.29. The van der Waals surface area contributed by atoms with E-state index >= 15 is 0 Å². The molecule has 7 heteroatoms. The van der Waals surface area contributed by atoms with Crippen LogP contribution in [0.25, 0.3) is 0 Å². The minimum atomic E-state index is -3.81. The number of anilines is 1. The number of carbonyl (C=O) groups is 1. The van der Waals surface area contributed by atoms with Crippen LogP contribution in [-0.4, -0.2) is 26.0 Å². The van der Waals surface area contributed by atoms with E-state index in [-0.39, 0.29) is 23.0 Å². The Labute approximate surface area is 147 Å². The van der Waals surface area contributed by atoms with E-state index in [1.165, 1.54) is 18.2 Å². The van der Waals surface area contributed by atoms with Gasteiger partial charge in [-0.2, -0.15) is 0 Å². The first-order chi connectivity index (χ1) is 11.8. The molecule has 25 heavy (non-hydrogen) atoms. The molecule has 0 aliphatic carbocycles. The lowest BCUT2D eigenvalue weighted by atomic mass is 10.1. The van der Waals surface area contributed by atoms with Gasteiger partial charge in [0.15, 0.2) is 0 Å². The Kier molecular flexibility index (Phi) is 6.17. The quantitative estimate of drug-likeness (QED) is 0.670. The van der Waals surface area contributed by atoms with Crippen molar-refractivity contribution in [2.45, 2.75) is 31.2 Å². The van der Waals surface area contributed by atoms with Gasteiger partial charge < -0.3 is 10.4 Å². The second-order valence-corrected chi connectivity index (χ2v) is 7.43. The Bertz CT molecular complexity index is 835. The van der Waals surface area contributed by atoms with Gasteiger partial charge in [-0.25, -0.2) is 17.9 Å². The summed E-state index contributed by atoms with van der Waals surface area (Å²) in [5, 5.41) is 12.3. The highest BCUT2D eigenvalue weighted by atomic mass is 32.2. The molecule has 0 saturated heterocycles. The fraction of sp³-hybridized carbons (Fsp3) is 0.278. The largest absolute Gasteiger partial charge is 0.478 e. The van der Waals surface area contributed by atoms with Crippen LogP contribution in [0, 0.1) is 0 Å². The van der Waals surface area contributed by atoms with Crippen molar-refractivity contribution in [1.29, 1.82) is 0 Å². The van der Waals surface area contributed by atoms with Crippen molar-refractivity contribution >= 4 is 21.7 Å². The second-order valence-electron chi connectivity index (χ2n) is 5.69. The van der Waals surface area contributed by atoms with E-state index in [9.17, 15) is 13.2 Å². The summed E-state index contributed by atoms with van der Waals surface area (Å²) in [7, 11) is -3.81. The fourth-order valence-electron chi connectivity index (χ4n) is 2.37. The van der Waals surface area contributed by atoms with E-state index in [4.69, 9.17) is 5.11 Å². The van der Waals surface area contributed by atoms with Crippen LogP contribution in [0.1, 0.15) is 42.2 Å². The molecule has 2 aromatic carbocycles. The Morgan fingerprint density at radius 2 is 1.84 bits per heavy atom. The Morgan fingerprint density at radius 3 is 2.44 bits per heavy atom. The van der Waals surface area contributed by atoms with Gasteiger partial charge in [0.05, 0.1) is 11.3 Å². The third-order valence-electron chi connectivity index (χ3n) is 3.73. The van der Waals surface area contributed by atoms with Crippen LogP contribution in [0.3, 0.4) is 0 Å². The van der Waals surface area contributed by atoms with Crippen molar-refractivity contribution in [2.75, 3.05) is 11.9 Å². The van der Waals surface area contributed by atoms with Gasteiger partial charge in [-0.3, -0.25) is 0 Å². The normalized spacial score (nSPS) is 12.6. The Balaban J connectivity index is 2.41. The molecule has 0 amide bonds. The number of sulfonamides is 1. The minimum absolute atomic E-state index is 0.0661. The van der Waals surface area contributed by atoms with Gasteiger partial charge in [0.1, 0.15) is 4.90 Å². The molecule has 0 aliphatic rings. The number of rotatable bonds is 8. The predicted octanol–water partition coefficient (Wildman–Crippen LogP) is 3.25. The summed E-state index contributed by atoms with van der Waals surface area (Å²) < 4.78 is 27.6. The maximum Gasteiger partial charge on any atom is 0.335 e. The number of hydrogen-bond acceptors (Lipinski definition) is 4. The first-order valence-electron chi connectivity index (χ1n) is 8.03. The monoisotopic (exact) mass is 362 g/mol. The van der Waals surface area contributed by atoms with Crippen molar-refractivity contribution in [3.05, 3.63) is 59.7 Å². The highest BCUT2D eigenvalue weighted by molar-refractivity contribution is 7.89. The van der Waals surface area contributed by atoms with Crippen LogP contribution in [0.4, 0.5) is 5.69 Å². The summed E-state index contributed by atoms with van der Waals surface area (Å²) in [6, 6.07) is 13.5. The highest BCUT2D eigenvalue weighted by Gasteiger charge is 2.21. The van der Waals surface area contributed by atoms with Gasteiger partial charge >= 0.3 is 5.97 Å². The maximum atomic E-state index is 12.6. The summed E-state index contributed by atoms with van der Waals surface area (Å²) in [4.78, 5) is 11.1. The molecule has 0 aliphatic heterocycles. The van der Waals surface area contributed by atoms with Crippen LogP contribution >= 0.6 is 0 Å². The van der Waals surface area contributed by atoms with Crippen LogP contribution in [0.5, 0.6) is 0 Å². The van der Waals surface area contributed by atoms with Crippen LogP contribution < -0.4 is 10.0 Å². The molecule has 0 fully saturated rings. The van der Waals surface area contributed by atoms with Crippen LogP contribution in [-0.2, 0) is 10.0 Å². The molecule has 2 aromatic rings. The second kappa shape index (κ2) is 8.13. The lowest BCUT2D eigenvalue weighted by Crippen LogP contribution is -2.26. The van der Waals surface area contributed by atoms with Crippen molar-refractivity contribution < 1.29 is 18.3 Å². The Hall–Kier alpha value is -2.38. The molecule has 0 radical (unpaired) electrons. The lowest BCUT2D eigenvalue weighted by Gasteiger charge is -2.19. The SMILES string of the molecule is CCCNS(=O)(=O)c1cc(C(=O)O)ccc1NC(C)c1ccccc1. The highest BCUT2D eigenvalue weighted by Crippen LogP contribution is 2.27. The van der Waals surface area contributed by atoms with Gasteiger partial charge in [-0.05, 0) is 37.1 Å². The van der Waals surface area contributed by atoms with Crippen molar-refractivity contribution in [3.63, 3.8) is 0 Å². The number of carboxylic acid groups (broad SMARTS) is 1. The standard InChI is InChI=1S/C18H22N2O4S/c1-3-11-19-25(23,24)17-12-15(18(21)22)9-10-16(17)20-13(2)14-7-5-4-6-8-14/h4-10,12-13,19-20H,3,11H2,1-2H3,(H,21,22). The number of aromatic carboxylic acids is 1. The van der Waals surface area contributed by atoms with E-state index in [1.54, 1.807) is 0 Å². The molecular formula is C18H22N2O4S. The molecule has 0 heterocycles. The summed E-state index contributed by atoms with van der Waals surface area (Å²) >= 11 is 0. The van der Waals surface area contributed by atoms with Crippen molar-refractivity contribution in [3.8, 4) is 0 Å². The number of nitrogens with one attached hydrogen (secondary N) is 2. The van der Waals surface area contributed by atoms with Crippen LogP contribution in [0.2, 0.25) is 0 Å². The van der Waals surface area contributed by atoms with Gasteiger partial charge in [-0.15, -0.1) is 0 Å². The number of benzene rings is 2. The molecule has 0 aromatic heterocycles. The molecule has 3 N–H and O–H groups in total. The Morgan fingerprint density at radius 1 is 1.16 bits per heavy atom. The van der Waals surface area contributed by atoms with Gasteiger partial charge in [-0.1, -0.05) is 37.3 Å². The molecule has 134 valence electrons. The summed E-state index contributed by atoms with van der Waals surface area (Å²) in [6.07, 6.45) is 0.640. The third kappa shape index (κ3) is 4.80. The molecule has 0 saturated carbocycles. The zero-order valence-corrected chi connectivity index (χ0v) is 15.0. The average molecular weight is 362 g/mol. The van der Waals surface area contributed by atoms with Gasteiger partial charge in [0.2, 0.25) is 10.0 Å². The molecule has 6 nitrogen and oxygen atoms in total. The van der Waals surface area contributed by atoms with E-state index in [2.05, 4.69) is 10.0 Å². The summed E-state index contributed by atoms with van der Waals surface area (Å²) in [5.74, 6) is -1.17. The minimum Gasteiger partial charge on any atom is -0.478 e. The first-order valence-corrected chi connectivity index (χ1v) is 9.52. The van der Waals surface area contributed by atoms with Crippen LogP contribution in [0.15, 0.2) is 53.4 Å². The van der Waals surface area contributed by atoms with E-state index in [0.717, 1.165) is 5.56 Å². The van der Waals surface area contributed by atoms with Crippen molar-refractivity contribution in [1.82, 2.24) is 4.72 Å². The zero-order valence-electron chi connectivity index (χ0n) is 14.2. The number of hydrogen-bond donors (Lipinski definition) is 3. The molecule has 2 rings (SSSR count). The molecule has 0 bridgehead atoms. The van der Waals surface area contributed by atoms with E-state index in [1.807, 2.05) is 44.2 Å². The summed E-state index contributed by atoms with van der Waals surface area (Å²) in [6.45, 7) is 4.05. The fourth-order valence-corrected chi connectivity index (χ4v) is 3.70. The van der Waals surface area contributed by atoms with Gasteiger partial charge in [0.25, 0.3) is 0 Å². The van der Waals surface area contributed by atoms with E-state index in [0.29, 0.717) is 12.1 Å². The van der Waals surface area contributed by atoms with Gasteiger partial charge in [0, 0.05) is 12.6 Å². The lowest BCUT2D eigenvalue weighted by molar-refractivity contribution is 0.0696. The zero-order chi connectivity index (χ0) is 18.4. The maximum absolute atomic E-state index is 12.6. The molecule has 1 atom stereocenters. The van der Waals surface area contributed by atoms with E-state index < -0.39 is 16.0 Å². The smallest absolute Gasteiger partial charge is 0.335 e. The van der Waals surface area contributed by atoms with Crippen molar-refractivity contribution in [2.24, 2.45) is 0 Å². The predicted molar refractivity (Wildman–Crippen MR) is 97.4 cm³/mol. The number of carboxylic acids is 1. The first kappa shape index (κ1) is 19.0. The molecule has 1 unspecified atom stereocenters. The molecular weight excluding hydrogens is 340 g/mol. The third-order valence-corrected chi connectivity index (χ3v) is 5.23. The average Bonchev–Trinajstić information content (AvgIpc) is 2.60. The molecule has 0 spiro atoms.